The fourth-order valence-electron chi connectivity index (χ4n) is 2.46. The van der Waals surface area contributed by atoms with Crippen molar-refractivity contribution in [3.63, 3.8) is 0 Å². The summed E-state index contributed by atoms with van der Waals surface area (Å²) in [6, 6.07) is 6.50. The first kappa shape index (κ1) is 13.3. The van der Waals surface area contributed by atoms with E-state index < -0.39 is 0 Å². The first-order valence-corrected chi connectivity index (χ1v) is 6.75. The average molecular weight is 270 g/mol. The fraction of sp³-hybridized carbons (Fsp3) is 0.500. The first-order valence-electron chi connectivity index (χ1n) is 6.22. The van der Waals surface area contributed by atoms with Crippen molar-refractivity contribution in [1.29, 1.82) is 0 Å². The molecule has 4 heteroatoms. The van der Waals surface area contributed by atoms with Gasteiger partial charge >= 0.3 is 0 Å². The molecule has 0 radical (unpaired) electrons. The van der Waals surface area contributed by atoms with Gasteiger partial charge in [-0.25, -0.2) is 4.39 Å². The number of hydrogen-bond donors (Lipinski definition) is 0. The van der Waals surface area contributed by atoms with Crippen molar-refractivity contribution in [3.05, 3.63) is 35.6 Å². The summed E-state index contributed by atoms with van der Waals surface area (Å²) >= 11 is 5.91. The van der Waals surface area contributed by atoms with Crippen molar-refractivity contribution in [2.45, 2.75) is 25.8 Å². The number of hydrogen-bond acceptors (Lipinski definition) is 1. The Bertz CT molecular complexity index is 438. The van der Waals surface area contributed by atoms with Crippen molar-refractivity contribution < 1.29 is 9.18 Å². The van der Waals surface area contributed by atoms with E-state index in [0.29, 0.717) is 17.4 Å². The topological polar surface area (TPSA) is 20.3 Å². The van der Waals surface area contributed by atoms with Crippen LogP contribution in [-0.2, 0) is 11.2 Å². The molecule has 1 aliphatic heterocycles. The van der Waals surface area contributed by atoms with Crippen molar-refractivity contribution in [1.82, 2.24) is 4.90 Å². The van der Waals surface area contributed by atoms with Gasteiger partial charge in [0.15, 0.2) is 0 Å². The molecule has 1 aliphatic rings. The molecule has 1 amide bonds. The lowest BCUT2D eigenvalue weighted by atomic mass is 10.0. The number of amides is 1. The molecule has 1 aromatic carbocycles. The molecular formula is C14H17ClFNO. The predicted octanol–water partition coefficient (Wildman–Crippen LogP) is 2.84. The van der Waals surface area contributed by atoms with E-state index in [1.807, 2.05) is 0 Å². The van der Waals surface area contributed by atoms with Crippen molar-refractivity contribution in [2.75, 3.05) is 12.4 Å². The molecule has 1 saturated heterocycles. The molecule has 1 heterocycles. The van der Waals surface area contributed by atoms with E-state index >= 15 is 0 Å². The molecule has 1 aromatic rings. The minimum absolute atomic E-state index is 0.0323. The third-order valence-electron chi connectivity index (χ3n) is 3.66. The molecule has 2 unspecified atom stereocenters. The molecule has 0 bridgehead atoms. The molecule has 0 spiro atoms. The Morgan fingerprint density at radius 3 is 2.89 bits per heavy atom. The molecule has 2 rings (SSSR count). The van der Waals surface area contributed by atoms with Gasteiger partial charge in [0.2, 0.25) is 5.91 Å². The number of likely N-dealkylation sites (tertiary alicyclic amines) is 1. The molecular weight excluding hydrogens is 253 g/mol. The first-order chi connectivity index (χ1) is 8.63. The summed E-state index contributed by atoms with van der Waals surface area (Å²) in [5, 5.41) is 0. The summed E-state index contributed by atoms with van der Waals surface area (Å²) in [4.78, 5) is 14.0. The summed E-state index contributed by atoms with van der Waals surface area (Å²) in [6.07, 6.45) is 1.09. The number of benzene rings is 1. The Kier molecular flexibility index (Phi) is 4.23. The summed E-state index contributed by atoms with van der Waals surface area (Å²) in [5.74, 6) is 0.521. The van der Waals surface area contributed by atoms with E-state index in [-0.39, 0.29) is 24.2 Å². The Balaban J connectivity index is 2.07. The quantitative estimate of drug-likeness (QED) is 0.773. The summed E-state index contributed by atoms with van der Waals surface area (Å²) in [6.45, 7) is 2.83. The number of halogens is 2. The van der Waals surface area contributed by atoms with Gasteiger partial charge in [0, 0.05) is 18.5 Å². The highest BCUT2D eigenvalue weighted by Gasteiger charge is 2.33. The summed E-state index contributed by atoms with van der Waals surface area (Å²) < 4.78 is 13.5. The Morgan fingerprint density at radius 2 is 2.22 bits per heavy atom. The van der Waals surface area contributed by atoms with E-state index in [1.165, 1.54) is 6.07 Å². The van der Waals surface area contributed by atoms with E-state index in [9.17, 15) is 9.18 Å². The van der Waals surface area contributed by atoms with Gasteiger partial charge in [-0.05, 0) is 24.0 Å². The SMILES string of the molecule is CC1CCN(C(=O)Cc2ccccc2F)C1CCl. The van der Waals surface area contributed by atoms with E-state index in [4.69, 9.17) is 11.6 Å². The van der Waals surface area contributed by atoms with Gasteiger partial charge in [0.25, 0.3) is 0 Å². The van der Waals surface area contributed by atoms with Crippen LogP contribution in [-0.4, -0.2) is 29.3 Å². The fourth-order valence-corrected chi connectivity index (χ4v) is 2.93. The maximum atomic E-state index is 13.5. The van der Waals surface area contributed by atoms with E-state index in [1.54, 1.807) is 23.1 Å². The lowest BCUT2D eigenvalue weighted by molar-refractivity contribution is -0.131. The van der Waals surface area contributed by atoms with Crippen LogP contribution in [0.3, 0.4) is 0 Å². The molecule has 0 aromatic heterocycles. The molecule has 0 saturated carbocycles. The smallest absolute Gasteiger partial charge is 0.227 e. The Hall–Kier alpha value is -1.09. The third-order valence-corrected chi connectivity index (χ3v) is 3.98. The lowest BCUT2D eigenvalue weighted by Gasteiger charge is -2.25. The monoisotopic (exact) mass is 269 g/mol. The molecule has 1 fully saturated rings. The Morgan fingerprint density at radius 1 is 1.50 bits per heavy atom. The predicted molar refractivity (Wildman–Crippen MR) is 70.1 cm³/mol. The van der Waals surface area contributed by atoms with Gasteiger partial charge < -0.3 is 4.90 Å². The molecule has 2 atom stereocenters. The normalized spacial score (nSPS) is 23.4. The van der Waals surface area contributed by atoms with Crippen LogP contribution in [0.4, 0.5) is 4.39 Å². The highest BCUT2D eigenvalue weighted by Crippen LogP contribution is 2.25. The highest BCUT2D eigenvalue weighted by molar-refractivity contribution is 6.18. The summed E-state index contributed by atoms with van der Waals surface area (Å²) in [5.41, 5.74) is 0.454. The number of carbonyl (C=O) groups excluding carboxylic acids is 1. The second kappa shape index (κ2) is 5.70. The van der Waals surface area contributed by atoms with Crippen LogP contribution in [0.25, 0.3) is 0 Å². The van der Waals surface area contributed by atoms with Crippen LogP contribution < -0.4 is 0 Å². The second-order valence-corrected chi connectivity index (χ2v) is 5.15. The zero-order chi connectivity index (χ0) is 13.1. The molecule has 98 valence electrons. The number of nitrogens with zero attached hydrogens (tertiary/aromatic N) is 1. The van der Waals surface area contributed by atoms with Crippen LogP contribution in [0.1, 0.15) is 18.9 Å². The van der Waals surface area contributed by atoms with Gasteiger partial charge in [-0.15, -0.1) is 11.6 Å². The summed E-state index contributed by atoms with van der Waals surface area (Å²) in [7, 11) is 0. The largest absolute Gasteiger partial charge is 0.338 e. The second-order valence-electron chi connectivity index (χ2n) is 4.84. The highest BCUT2D eigenvalue weighted by atomic mass is 35.5. The number of alkyl halides is 1. The number of carbonyl (C=O) groups is 1. The van der Waals surface area contributed by atoms with Crippen molar-refractivity contribution in [3.8, 4) is 0 Å². The van der Waals surface area contributed by atoms with Crippen LogP contribution in [0.5, 0.6) is 0 Å². The molecule has 2 nitrogen and oxygen atoms in total. The van der Waals surface area contributed by atoms with Gasteiger partial charge in [-0.3, -0.25) is 4.79 Å². The lowest BCUT2D eigenvalue weighted by Crippen LogP contribution is -2.39. The number of rotatable bonds is 3. The zero-order valence-electron chi connectivity index (χ0n) is 10.4. The average Bonchev–Trinajstić information content (AvgIpc) is 2.73. The maximum absolute atomic E-state index is 13.5. The van der Waals surface area contributed by atoms with Gasteiger partial charge in [-0.2, -0.15) is 0 Å². The molecule has 18 heavy (non-hydrogen) atoms. The van der Waals surface area contributed by atoms with Crippen molar-refractivity contribution >= 4 is 17.5 Å². The van der Waals surface area contributed by atoms with Gasteiger partial charge in [0.05, 0.1) is 6.42 Å². The van der Waals surface area contributed by atoms with Gasteiger partial charge in [0.1, 0.15) is 5.82 Å². The third kappa shape index (κ3) is 2.66. The minimum atomic E-state index is -0.319. The Labute approximate surface area is 112 Å². The van der Waals surface area contributed by atoms with Crippen LogP contribution in [0.2, 0.25) is 0 Å². The van der Waals surface area contributed by atoms with Crippen LogP contribution in [0, 0.1) is 11.7 Å². The minimum Gasteiger partial charge on any atom is -0.338 e. The molecule has 0 aliphatic carbocycles. The van der Waals surface area contributed by atoms with E-state index in [2.05, 4.69) is 6.92 Å². The van der Waals surface area contributed by atoms with Gasteiger partial charge in [-0.1, -0.05) is 25.1 Å². The van der Waals surface area contributed by atoms with E-state index in [0.717, 1.165) is 13.0 Å². The standard InChI is InChI=1S/C14H17ClFNO/c1-10-6-7-17(13(10)9-15)14(18)8-11-4-2-3-5-12(11)16/h2-5,10,13H,6-9H2,1H3. The van der Waals surface area contributed by atoms with Crippen LogP contribution >= 0.6 is 11.6 Å². The maximum Gasteiger partial charge on any atom is 0.227 e. The zero-order valence-corrected chi connectivity index (χ0v) is 11.2. The van der Waals surface area contributed by atoms with Crippen molar-refractivity contribution in [2.24, 2.45) is 5.92 Å². The molecule has 0 N–H and O–H groups in total. The van der Waals surface area contributed by atoms with Crippen LogP contribution in [0.15, 0.2) is 24.3 Å².